The van der Waals surface area contributed by atoms with Crippen LogP contribution in [-0.2, 0) is 16.6 Å². The van der Waals surface area contributed by atoms with Gasteiger partial charge in [-0.1, -0.05) is 18.2 Å². The number of hydrogen-bond donors (Lipinski definition) is 2. The van der Waals surface area contributed by atoms with Crippen LogP contribution in [0.2, 0.25) is 0 Å². The molecule has 0 fully saturated rings. The van der Waals surface area contributed by atoms with E-state index in [1.165, 1.54) is 30.1 Å². The summed E-state index contributed by atoms with van der Waals surface area (Å²) < 4.78 is 40.9. The van der Waals surface area contributed by atoms with Crippen molar-refractivity contribution in [1.29, 1.82) is 0 Å². The fourth-order valence-corrected chi connectivity index (χ4v) is 5.30. The van der Waals surface area contributed by atoms with Gasteiger partial charge >= 0.3 is 5.97 Å². The van der Waals surface area contributed by atoms with Crippen LogP contribution in [0.4, 0.5) is 10.1 Å². The molecule has 0 aliphatic heterocycles. The average molecular weight is 687 g/mol. The van der Waals surface area contributed by atoms with E-state index in [2.05, 4.69) is 10.3 Å². The summed E-state index contributed by atoms with van der Waals surface area (Å²) in [5.41, 5.74) is 6.47. The molecule has 5 rings (SSSR count). The van der Waals surface area contributed by atoms with Gasteiger partial charge in [-0.15, -0.1) is 0 Å². The lowest BCUT2D eigenvalue weighted by molar-refractivity contribution is -0.142. The largest absolute Gasteiger partial charge is 0.493 e. The molecule has 0 spiro atoms. The van der Waals surface area contributed by atoms with Gasteiger partial charge in [-0.3, -0.25) is 24.0 Å². The first-order chi connectivity index (χ1) is 24.1. The van der Waals surface area contributed by atoms with Gasteiger partial charge in [-0.25, -0.2) is 9.07 Å². The lowest BCUT2D eigenvalue weighted by Crippen LogP contribution is -2.27. The quantitative estimate of drug-likeness (QED) is 0.120. The molecule has 0 aliphatic rings. The Morgan fingerprint density at radius 2 is 1.76 bits per heavy atom. The SMILES string of the molecule is COc1cc2c(Oc3ccc(NC(=O)c4c(C)n(C)n(-c5ccccc5)c4=O)cc3F)ccnc2cc1OCCCN(C)CCOC(=O)CN. The van der Waals surface area contributed by atoms with E-state index in [1.807, 2.05) is 18.0 Å². The topological polar surface area (TPSA) is 152 Å². The fraction of sp³-hybridized carbons (Fsp3) is 0.278. The first kappa shape index (κ1) is 35.6. The zero-order chi connectivity index (χ0) is 35.8. The summed E-state index contributed by atoms with van der Waals surface area (Å²) in [7, 11) is 5.12. The highest BCUT2D eigenvalue weighted by molar-refractivity contribution is 6.05. The van der Waals surface area contributed by atoms with Crippen molar-refractivity contribution >= 4 is 28.5 Å². The van der Waals surface area contributed by atoms with E-state index in [-0.39, 0.29) is 30.2 Å². The van der Waals surface area contributed by atoms with Crippen molar-refractivity contribution in [2.24, 2.45) is 12.8 Å². The number of carbonyl (C=O) groups excluding carboxylic acids is 2. The van der Waals surface area contributed by atoms with Gasteiger partial charge in [0.2, 0.25) is 0 Å². The van der Waals surface area contributed by atoms with Crippen molar-refractivity contribution < 1.29 is 32.9 Å². The normalized spacial score (nSPS) is 11.1. The molecule has 2 heterocycles. The number of nitrogens with zero attached hydrogens (tertiary/aromatic N) is 4. The van der Waals surface area contributed by atoms with Crippen LogP contribution in [0.3, 0.4) is 0 Å². The van der Waals surface area contributed by atoms with Crippen molar-refractivity contribution in [2.45, 2.75) is 13.3 Å². The van der Waals surface area contributed by atoms with Crippen molar-refractivity contribution in [3.8, 4) is 28.7 Å². The van der Waals surface area contributed by atoms with Crippen LogP contribution in [-0.4, -0.2) is 78.1 Å². The molecule has 0 radical (unpaired) electrons. The number of anilines is 1. The molecule has 0 saturated heterocycles. The first-order valence-corrected chi connectivity index (χ1v) is 15.9. The van der Waals surface area contributed by atoms with Gasteiger partial charge in [-0.2, -0.15) is 0 Å². The minimum atomic E-state index is -0.728. The number of halogens is 1. The Hall–Kier alpha value is -5.73. The number of aromatic nitrogens is 3. The number of methoxy groups -OCH3 is 1. The van der Waals surface area contributed by atoms with Crippen LogP contribution in [0, 0.1) is 12.7 Å². The monoisotopic (exact) mass is 686 g/mol. The highest BCUT2D eigenvalue weighted by Crippen LogP contribution is 2.38. The third-order valence-electron chi connectivity index (χ3n) is 8.02. The van der Waals surface area contributed by atoms with Crippen LogP contribution in [0.1, 0.15) is 22.5 Å². The lowest BCUT2D eigenvalue weighted by atomic mass is 10.1. The Balaban J connectivity index is 1.25. The summed E-state index contributed by atoms with van der Waals surface area (Å²) in [6.07, 6.45) is 2.24. The summed E-state index contributed by atoms with van der Waals surface area (Å²) in [6, 6.07) is 18.0. The first-order valence-electron chi connectivity index (χ1n) is 15.9. The number of likely N-dealkylation sites (N-methyl/N-ethyl adjacent to an activating group) is 1. The molecule has 2 aromatic heterocycles. The summed E-state index contributed by atoms with van der Waals surface area (Å²) in [5.74, 6) is -0.651. The number of nitrogens with two attached hydrogens (primary N) is 1. The van der Waals surface area contributed by atoms with Crippen molar-refractivity contribution in [3.05, 3.63) is 100 Å². The van der Waals surface area contributed by atoms with E-state index in [0.29, 0.717) is 65.6 Å². The van der Waals surface area contributed by atoms with Crippen LogP contribution in [0.5, 0.6) is 23.0 Å². The standard InChI is InChI=1S/C36H39FN6O7/c1-23-34(36(46)43(42(23)3)25-9-6-5-7-10-25)35(45)40-24-11-12-30(27(37)19-24)50-29-13-14-39-28-21-32(31(47-4)20-26(28)29)48-17-8-15-41(2)16-18-49-33(44)22-38/h5-7,9-14,19-21H,8,15-18,22,38H2,1-4H3,(H,40,45). The summed E-state index contributed by atoms with van der Waals surface area (Å²) >= 11 is 0. The van der Waals surface area contributed by atoms with Gasteiger partial charge in [0.05, 0.1) is 37.2 Å². The number of amides is 1. The number of nitrogens with one attached hydrogen (secondary N) is 1. The molecule has 0 atom stereocenters. The average Bonchev–Trinajstić information content (AvgIpc) is 3.34. The number of para-hydroxylation sites is 1. The molecule has 50 heavy (non-hydrogen) atoms. The molecule has 0 aliphatic carbocycles. The minimum absolute atomic E-state index is 0.0483. The Morgan fingerprint density at radius 3 is 2.48 bits per heavy atom. The van der Waals surface area contributed by atoms with Gasteiger partial charge in [0.15, 0.2) is 23.1 Å². The maximum Gasteiger partial charge on any atom is 0.319 e. The van der Waals surface area contributed by atoms with Gasteiger partial charge in [0.1, 0.15) is 17.9 Å². The van der Waals surface area contributed by atoms with Crippen LogP contribution in [0.25, 0.3) is 16.6 Å². The maximum absolute atomic E-state index is 15.4. The highest BCUT2D eigenvalue weighted by atomic mass is 19.1. The van der Waals surface area contributed by atoms with E-state index >= 15 is 4.39 Å². The second-order valence-electron chi connectivity index (χ2n) is 11.4. The number of rotatable bonds is 15. The minimum Gasteiger partial charge on any atom is -0.493 e. The predicted molar refractivity (Wildman–Crippen MR) is 186 cm³/mol. The molecule has 3 aromatic carbocycles. The van der Waals surface area contributed by atoms with E-state index in [9.17, 15) is 14.4 Å². The molecule has 1 amide bonds. The second-order valence-corrected chi connectivity index (χ2v) is 11.4. The lowest BCUT2D eigenvalue weighted by Gasteiger charge is -2.17. The van der Waals surface area contributed by atoms with Gasteiger partial charge in [0.25, 0.3) is 11.5 Å². The van der Waals surface area contributed by atoms with Crippen LogP contribution < -0.4 is 30.8 Å². The van der Waals surface area contributed by atoms with Crippen molar-refractivity contribution in [1.82, 2.24) is 19.2 Å². The van der Waals surface area contributed by atoms with Crippen LogP contribution >= 0.6 is 0 Å². The number of benzene rings is 3. The number of fused-ring (bicyclic) bond motifs is 1. The Labute approximate surface area is 287 Å². The van der Waals surface area contributed by atoms with Crippen LogP contribution in [0.15, 0.2) is 77.7 Å². The third kappa shape index (κ3) is 8.10. The van der Waals surface area contributed by atoms with Gasteiger partial charge in [-0.05, 0) is 56.8 Å². The smallest absolute Gasteiger partial charge is 0.319 e. The van der Waals surface area contributed by atoms with E-state index in [1.54, 1.807) is 61.1 Å². The molecule has 5 aromatic rings. The third-order valence-corrected chi connectivity index (χ3v) is 8.02. The molecule has 13 nitrogen and oxygen atoms in total. The molecular weight excluding hydrogens is 647 g/mol. The molecule has 0 saturated carbocycles. The Bertz CT molecular complexity index is 2050. The number of esters is 1. The number of carbonyl (C=O) groups is 2. The molecule has 0 bridgehead atoms. The zero-order valence-electron chi connectivity index (χ0n) is 28.3. The number of ether oxygens (including phenoxy) is 4. The predicted octanol–water partition coefficient (Wildman–Crippen LogP) is 4.43. The van der Waals surface area contributed by atoms with E-state index in [0.717, 1.165) is 6.07 Å². The Morgan fingerprint density at radius 1 is 0.980 bits per heavy atom. The van der Waals surface area contributed by atoms with Gasteiger partial charge in [0, 0.05) is 49.5 Å². The molecule has 3 N–H and O–H groups in total. The number of hydrogen-bond acceptors (Lipinski definition) is 10. The maximum atomic E-state index is 15.4. The van der Waals surface area contributed by atoms with Crippen molar-refractivity contribution in [2.75, 3.05) is 52.3 Å². The molecule has 0 unspecified atom stereocenters. The number of pyridine rings is 1. The fourth-order valence-electron chi connectivity index (χ4n) is 5.30. The second kappa shape index (κ2) is 16.1. The molecule has 262 valence electrons. The molecule has 14 heteroatoms. The summed E-state index contributed by atoms with van der Waals surface area (Å²) in [4.78, 5) is 44.1. The summed E-state index contributed by atoms with van der Waals surface area (Å²) in [6.45, 7) is 3.47. The van der Waals surface area contributed by atoms with E-state index in [4.69, 9.17) is 24.7 Å². The van der Waals surface area contributed by atoms with Crippen molar-refractivity contribution in [3.63, 3.8) is 0 Å². The zero-order valence-corrected chi connectivity index (χ0v) is 28.3. The summed E-state index contributed by atoms with van der Waals surface area (Å²) in [5, 5.41) is 3.19. The molecular formula is C36H39FN6O7. The van der Waals surface area contributed by atoms with Gasteiger partial charge < -0.3 is 34.9 Å². The highest BCUT2D eigenvalue weighted by Gasteiger charge is 2.23. The Kier molecular flexibility index (Phi) is 11.5. The van der Waals surface area contributed by atoms with E-state index < -0.39 is 23.3 Å².